The van der Waals surface area contributed by atoms with Crippen molar-refractivity contribution in [3.05, 3.63) is 90.0 Å². The van der Waals surface area contributed by atoms with E-state index in [2.05, 4.69) is 30.5 Å². The molecule has 0 radical (unpaired) electrons. The van der Waals surface area contributed by atoms with Gasteiger partial charge in [-0.15, -0.1) is 0 Å². The summed E-state index contributed by atoms with van der Waals surface area (Å²) in [6.45, 7) is 1.59. The lowest BCUT2D eigenvalue weighted by Crippen LogP contribution is -2.03. The molecule has 0 saturated heterocycles. The van der Waals surface area contributed by atoms with Crippen molar-refractivity contribution in [1.82, 2.24) is 0 Å². The minimum absolute atomic E-state index is 0.0540. The zero-order valence-corrected chi connectivity index (χ0v) is 16.8. The topological polar surface area (TPSA) is 77.4 Å². The van der Waals surface area contributed by atoms with Gasteiger partial charge >= 0.3 is 0 Å². The van der Waals surface area contributed by atoms with Gasteiger partial charge in [0.15, 0.2) is 10.6 Å². The van der Waals surface area contributed by atoms with E-state index in [4.69, 9.17) is 0 Å². The molecule has 0 spiro atoms. The van der Waals surface area contributed by atoms with Crippen LogP contribution in [0.4, 0.5) is 0 Å². The summed E-state index contributed by atoms with van der Waals surface area (Å²) in [6, 6.07) is 24.1. The van der Waals surface area contributed by atoms with Crippen molar-refractivity contribution < 1.29 is 18.1 Å². The molecule has 0 bridgehead atoms. The first kappa shape index (κ1) is 21.0. The molecule has 3 aromatic rings. The van der Waals surface area contributed by atoms with E-state index < -0.39 is 10.1 Å². The molecule has 1 unspecified atom stereocenters. The summed E-state index contributed by atoms with van der Waals surface area (Å²) in [6.07, 6.45) is 2.17. The number of aryl methyl sites for hydroxylation is 1. The summed E-state index contributed by atoms with van der Waals surface area (Å²) in [5.41, 5.74) is 1.80. The molecule has 3 aromatic carbocycles. The van der Waals surface area contributed by atoms with Crippen LogP contribution >= 0.6 is 0 Å². The number of hydrogen-bond donors (Lipinski definition) is 1. The van der Waals surface area contributed by atoms with Crippen LogP contribution in [-0.2, 0) is 26.8 Å². The van der Waals surface area contributed by atoms with Gasteiger partial charge in [0.05, 0.1) is 4.90 Å². The standard InChI is InChI=1S/C14H14OS.C7H8O3S/c1-16(11-12-7-3-2-4-8-12)14-10-6-5-9-13(14)15;1-6-4-2-3-5-7(6)11(8,9)10/h2-10H,11H2,1H3;2-5H,1H3,(H,8,9,10). The van der Waals surface area contributed by atoms with E-state index in [1.807, 2.05) is 24.3 Å². The Hall–Kier alpha value is -2.28. The molecule has 0 amide bonds. The number of phenolic OH excluding ortho intramolecular Hbond substituents is 1. The molecule has 1 N–H and O–H groups in total. The van der Waals surface area contributed by atoms with Crippen molar-refractivity contribution in [3.8, 4) is 5.75 Å². The van der Waals surface area contributed by atoms with E-state index in [1.54, 1.807) is 25.1 Å². The van der Waals surface area contributed by atoms with E-state index in [-0.39, 0.29) is 15.8 Å². The number of benzene rings is 3. The number of aromatic hydroxyl groups is 1. The third kappa shape index (κ3) is 6.43. The van der Waals surface area contributed by atoms with Gasteiger partial charge in [-0.3, -0.25) is 0 Å². The predicted octanol–water partition coefficient (Wildman–Crippen LogP) is 4.10. The second-order valence-electron chi connectivity index (χ2n) is 5.95. The molecule has 0 aromatic heterocycles. The van der Waals surface area contributed by atoms with Gasteiger partial charge < -0.3 is 9.66 Å². The van der Waals surface area contributed by atoms with E-state index in [0.717, 1.165) is 10.6 Å². The molecule has 142 valence electrons. The Morgan fingerprint density at radius 3 is 2.00 bits per heavy atom. The first-order valence-corrected chi connectivity index (χ1v) is 11.5. The fourth-order valence-corrected chi connectivity index (χ4v) is 4.78. The van der Waals surface area contributed by atoms with E-state index in [0.29, 0.717) is 11.3 Å². The van der Waals surface area contributed by atoms with Gasteiger partial charge in [-0.1, -0.05) is 60.7 Å². The molecule has 0 aliphatic heterocycles. The number of phenols is 1. The van der Waals surface area contributed by atoms with Gasteiger partial charge in [0.2, 0.25) is 0 Å². The molecule has 27 heavy (non-hydrogen) atoms. The van der Waals surface area contributed by atoms with Crippen molar-refractivity contribution in [3.63, 3.8) is 0 Å². The van der Waals surface area contributed by atoms with Crippen LogP contribution in [0.5, 0.6) is 5.75 Å². The lowest BCUT2D eigenvalue weighted by Gasteiger charge is -2.08. The maximum Gasteiger partial charge on any atom is 0.196 e. The summed E-state index contributed by atoms with van der Waals surface area (Å²) in [4.78, 5) is 0.909. The lowest BCUT2D eigenvalue weighted by atomic mass is 10.2. The average Bonchev–Trinajstić information content (AvgIpc) is 2.63. The molecular weight excluding hydrogens is 380 g/mol. The highest BCUT2D eigenvalue weighted by Gasteiger charge is 2.19. The summed E-state index contributed by atoms with van der Waals surface area (Å²) in [5, 5.41) is 9.77. The molecular formula is C21H22O4S2. The van der Waals surface area contributed by atoms with Gasteiger partial charge in [0.1, 0.15) is 22.1 Å². The van der Waals surface area contributed by atoms with E-state index in [9.17, 15) is 18.1 Å². The Morgan fingerprint density at radius 1 is 0.889 bits per heavy atom. The van der Waals surface area contributed by atoms with Crippen LogP contribution in [0.15, 0.2) is 88.7 Å². The first-order valence-electron chi connectivity index (χ1n) is 8.25. The normalized spacial score (nSPS) is 12.0. The van der Waals surface area contributed by atoms with Crippen molar-refractivity contribution in [2.45, 2.75) is 22.5 Å². The lowest BCUT2D eigenvalue weighted by molar-refractivity contribution is 0.461. The van der Waals surface area contributed by atoms with Gasteiger partial charge in [0.25, 0.3) is 0 Å². The van der Waals surface area contributed by atoms with Crippen molar-refractivity contribution in [2.75, 3.05) is 6.26 Å². The highest BCUT2D eigenvalue weighted by Crippen LogP contribution is 2.25. The second kappa shape index (κ2) is 9.60. The molecule has 0 heterocycles. The van der Waals surface area contributed by atoms with Gasteiger partial charge in [-0.05, 0) is 30.7 Å². The maximum absolute atomic E-state index is 10.5. The van der Waals surface area contributed by atoms with Crippen molar-refractivity contribution >= 4 is 21.0 Å². The monoisotopic (exact) mass is 402 g/mol. The van der Waals surface area contributed by atoms with Crippen molar-refractivity contribution in [1.29, 1.82) is 0 Å². The highest BCUT2D eigenvalue weighted by atomic mass is 32.2. The van der Waals surface area contributed by atoms with Crippen LogP contribution in [0.1, 0.15) is 11.1 Å². The Bertz CT molecular complexity index is 970. The Kier molecular flexibility index (Phi) is 7.47. The van der Waals surface area contributed by atoms with E-state index in [1.165, 1.54) is 17.7 Å². The second-order valence-corrected chi connectivity index (χ2v) is 9.31. The molecule has 0 fully saturated rings. The molecule has 0 aliphatic rings. The minimum Gasteiger partial charge on any atom is -0.744 e. The van der Waals surface area contributed by atoms with Crippen LogP contribution in [0.3, 0.4) is 0 Å². The molecule has 3 rings (SSSR count). The predicted molar refractivity (Wildman–Crippen MR) is 109 cm³/mol. The Morgan fingerprint density at radius 2 is 1.44 bits per heavy atom. The van der Waals surface area contributed by atoms with Crippen LogP contribution in [0.25, 0.3) is 0 Å². The number of hydrogen-bond acceptors (Lipinski definition) is 4. The number of para-hydroxylation sites is 1. The zero-order chi connectivity index (χ0) is 19.9. The summed E-state index contributed by atoms with van der Waals surface area (Å²) < 4.78 is 31.5. The Balaban J connectivity index is 0.000000208. The summed E-state index contributed by atoms with van der Waals surface area (Å²) in [7, 11) is -4.23. The fourth-order valence-electron chi connectivity index (χ4n) is 2.49. The molecule has 6 heteroatoms. The third-order valence-electron chi connectivity index (χ3n) is 3.83. The zero-order valence-electron chi connectivity index (χ0n) is 15.2. The van der Waals surface area contributed by atoms with Gasteiger partial charge in [0, 0.05) is 16.5 Å². The fraction of sp³-hybridized carbons (Fsp3) is 0.143. The SMILES string of the molecule is C[S+](Cc1ccccc1)c1ccccc1O.Cc1ccccc1S(=O)(=O)[O-]. The average molecular weight is 403 g/mol. The van der Waals surface area contributed by atoms with Crippen molar-refractivity contribution in [2.24, 2.45) is 0 Å². The Labute approximate surface area is 163 Å². The molecule has 4 nitrogen and oxygen atoms in total. The van der Waals surface area contributed by atoms with Crippen LogP contribution in [0.2, 0.25) is 0 Å². The van der Waals surface area contributed by atoms with Gasteiger partial charge in [-0.2, -0.15) is 0 Å². The number of rotatable bonds is 4. The summed E-state index contributed by atoms with van der Waals surface area (Å²) in [5.74, 6) is 1.39. The van der Waals surface area contributed by atoms with E-state index >= 15 is 0 Å². The highest BCUT2D eigenvalue weighted by molar-refractivity contribution is 7.95. The van der Waals surface area contributed by atoms with Crippen LogP contribution < -0.4 is 0 Å². The van der Waals surface area contributed by atoms with Crippen LogP contribution in [-0.4, -0.2) is 24.3 Å². The maximum atomic E-state index is 10.5. The first-order chi connectivity index (χ1) is 12.8. The molecule has 0 aliphatic carbocycles. The quantitative estimate of drug-likeness (QED) is 0.526. The smallest absolute Gasteiger partial charge is 0.196 e. The molecule has 1 atom stereocenters. The van der Waals surface area contributed by atoms with Gasteiger partial charge in [-0.25, -0.2) is 8.42 Å². The largest absolute Gasteiger partial charge is 0.744 e. The summed E-state index contributed by atoms with van der Waals surface area (Å²) >= 11 is 0. The third-order valence-corrected chi connectivity index (χ3v) is 6.69. The minimum atomic E-state index is -4.28. The molecule has 0 saturated carbocycles. The van der Waals surface area contributed by atoms with Crippen LogP contribution in [0, 0.1) is 6.92 Å².